The molecule has 1 heterocycles. The Balaban J connectivity index is 2.48. The zero-order valence-electron chi connectivity index (χ0n) is 11.6. The summed E-state index contributed by atoms with van der Waals surface area (Å²) in [7, 11) is -3.83. The van der Waals surface area contributed by atoms with Crippen LogP contribution in [-0.4, -0.2) is 18.6 Å². The Morgan fingerprint density at radius 3 is 2.33 bits per heavy atom. The number of halogens is 2. The Morgan fingerprint density at radius 1 is 1.00 bits per heavy atom. The van der Waals surface area contributed by atoms with Gasteiger partial charge in [-0.3, -0.25) is 4.72 Å². The van der Waals surface area contributed by atoms with E-state index >= 15 is 0 Å². The first kappa shape index (κ1) is 16.0. The van der Waals surface area contributed by atoms with Crippen molar-refractivity contribution in [3.05, 3.63) is 45.2 Å². The molecule has 0 atom stereocenters. The van der Waals surface area contributed by atoms with Gasteiger partial charge in [-0.1, -0.05) is 23.2 Å². The van der Waals surface area contributed by atoms with Crippen LogP contribution in [0.4, 0.5) is 5.69 Å². The monoisotopic (exact) mass is 345 g/mol. The zero-order valence-corrected chi connectivity index (χ0v) is 13.9. The molecule has 112 valence electrons. The maximum absolute atomic E-state index is 12.5. The smallest absolute Gasteiger partial charge is 0.263 e. The lowest BCUT2D eigenvalue weighted by molar-refractivity contribution is 0.601. The lowest BCUT2D eigenvalue weighted by Gasteiger charge is -2.12. The highest BCUT2D eigenvalue weighted by atomic mass is 35.5. The molecule has 0 radical (unpaired) electrons. The number of aromatic nitrogens is 2. The first-order valence-corrected chi connectivity index (χ1v) is 8.24. The van der Waals surface area contributed by atoms with Crippen LogP contribution in [0.3, 0.4) is 0 Å². The van der Waals surface area contributed by atoms with Crippen LogP contribution in [0.2, 0.25) is 10.0 Å². The largest absolute Gasteiger partial charge is 0.278 e. The van der Waals surface area contributed by atoms with Gasteiger partial charge in [0.1, 0.15) is 4.90 Å². The maximum atomic E-state index is 12.5. The Morgan fingerprint density at radius 2 is 1.67 bits per heavy atom. The fraction of sp³-hybridized carbons (Fsp3) is 0.231. The molecule has 0 saturated heterocycles. The molecule has 0 aliphatic rings. The van der Waals surface area contributed by atoms with Crippen molar-refractivity contribution in [1.82, 2.24) is 10.2 Å². The normalized spacial score (nSPS) is 11.5. The van der Waals surface area contributed by atoms with Crippen molar-refractivity contribution in [3.8, 4) is 0 Å². The van der Waals surface area contributed by atoms with Crippen molar-refractivity contribution >= 4 is 38.9 Å². The van der Waals surface area contributed by atoms with Gasteiger partial charge in [0.25, 0.3) is 10.0 Å². The zero-order chi connectivity index (χ0) is 15.8. The van der Waals surface area contributed by atoms with Gasteiger partial charge in [0.05, 0.1) is 22.1 Å². The van der Waals surface area contributed by atoms with Crippen LogP contribution in [0.5, 0.6) is 0 Å². The summed E-state index contributed by atoms with van der Waals surface area (Å²) >= 11 is 11.9. The number of nitrogens with one attached hydrogen (secondary N) is 1. The third-order valence-electron chi connectivity index (χ3n) is 2.85. The second-order valence-electron chi connectivity index (χ2n) is 4.62. The SMILES string of the molecule is Cc1cc(NS(=O)(=O)c2cc(C)c(Cl)cc2Cl)c(C)nn1. The van der Waals surface area contributed by atoms with Gasteiger partial charge in [-0.2, -0.15) is 10.2 Å². The first-order valence-electron chi connectivity index (χ1n) is 6.00. The van der Waals surface area contributed by atoms with Crippen molar-refractivity contribution in [2.24, 2.45) is 0 Å². The van der Waals surface area contributed by atoms with Crippen molar-refractivity contribution < 1.29 is 8.42 Å². The molecule has 0 bridgehead atoms. The van der Waals surface area contributed by atoms with E-state index in [1.165, 1.54) is 12.1 Å². The standard InChI is InChI=1S/C13H13Cl2N3O2S/c1-7-4-13(11(15)6-10(7)14)21(19,20)18-12-5-8(2)16-17-9(12)3/h4-6H,1-3H3,(H,16,18). The molecule has 21 heavy (non-hydrogen) atoms. The van der Waals surface area contributed by atoms with E-state index in [0.717, 1.165) is 0 Å². The van der Waals surface area contributed by atoms with Crippen LogP contribution in [0.1, 0.15) is 17.0 Å². The fourth-order valence-corrected chi connectivity index (χ4v) is 3.63. The van der Waals surface area contributed by atoms with Crippen molar-refractivity contribution in [1.29, 1.82) is 0 Å². The fourth-order valence-electron chi connectivity index (χ4n) is 1.69. The summed E-state index contributed by atoms with van der Waals surface area (Å²) in [4.78, 5) is -0.0278. The summed E-state index contributed by atoms with van der Waals surface area (Å²) in [5, 5.41) is 8.21. The van der Waals surface area contributed by atoms with E-state index in [4.69, 9.17) is 23.2 Å². The number of nitrogens with zero attached hydrogens (tertiary/aromatic N) is 2. The van der Waals surface area contributed by atoms with Gasteiger partial charge >= 0.3 is 0 Å². The maximum Gasteiger partial charge on any atom is 0.263 e. The Labute approximate surface area is 133 Å². The number of hydrogen-bond donors (Lipinski definition) is 1. The summed E-state index contributed by atoms with van der Waals surface area (Å²) in [5.74, 6) is 0. The molecule has 0 aliphatic carbocycles. The van der Waals surface area contributed by atoms with Crippen LogP contribution in [-0.2, 0) is 10.0 Å². The first-order chi connectivity index (χ1) is 9.70. The molecule has 0 spiro atoms. The minimum Gasteiger partial charge on any atom is -0.278 e. The Bertz CT molecular complexity index is 807. The molecule has 0 saturated carbocycles. The molecule has 1 aromatic carbocycles. The van der Waals surface area contributed by atoms with Crippen molar-refractivity contribution in [2.45, 2.75) is 25.7 Å². The van der Waals surface area contributed by atoms with Crippen molar-refractivity contribution in [3.63, 3.8) is 0 Å². The number of hydrogen-bond acceptors (Lipinski definition) is 4. The van der Waals surface area contributed by atoms with Gasteiger partial charge in [-0.25, -0.2) is 8.42 Å². The van der Waals surface area contributed by atoms with Gasteiger partial charge in [0, 0.05) is 5.02 Å². The number of anilines is 1. The van der Waals surface area contributed by atoms with Gasteiger partial charge in [-0.05, 0) is 44.5 Å². The number of aryl methyl sites for hydroxylation is 3. The molecule has 0 amide bonds. The van der Waals surface area contributed by atoms with Crippen LogP contribution < -0.4 is 4.72 Å². The second-order valence-corrected chi connectivity index (χ2v) is 7.09. The van der Waals surface area contributed by atoms with E-state index in [2.05, 4.69) is 14.9 Å². The highest BCUT2D eigenvalue weighted by molar-refractivity contribution is 7.92. The molecule has 1 aromatic heterocycles. The van der Waals surface area contributed by atoms with E-state index in [1.807, 2.05) is 0 Å². The molecular formula is C13H13Cl2N3O2S. The minimum atomic E-state index is -3.83. The Kier molecular flexibility index (Phi) is 4.41. The number of benzene rings is 1. The second kappa shape index (κ2) is 5.79. The summed E-state index contributed by atoms with van der Waals surface area (Å²) in [5.41, 5.74) is 2.08. The summed E-state index contributed by atoms with van der Waals surface area (Å²) in [6.45, 7) is 5.10. The molecule has 0 unspecified atom stereocenters. The summed E-state index contributed by atoms with van der Waals surface area (Å²) < 4.78 is 27.4. The van der Waals surface area contributed by atoms with Crippen molar-refractivity contribution in [2.75, 3.05) is 4.72 Å². The molecule has 0 fully saturated rings. The quantitative estimate of drug-likeness (QED) is 0.923. The summed E-state index contributed by atoms with van der Waals surface area (Å²) in [6.07, 6.45) is 0. The van der Waals surface area contributed by atoms with Gasteiger partial charge in [0.15, 0.2) is 0 Å². The molecule has 8 heteroatoms. The molecule has 2 rings (SSSR count). The van der Waals surface area contributed by atoms with E-state index in [-0.39, 0.29) is 9.92 Å². The third kappa shape index (κ3) is 3.45. The van der Waals surface area contributed by atoms with Crippen LogP contribution in [0.25, 0.3) is 0 Å². The predicted octanol–water partition coefficient (Wildman–Crippen LogP) is 3.51. The van der Waals surface area contributed by atoms with Crippen LogP contribution >= 0.6 is 23.2 Å². The topological polar surface area (TPSA) is 72.0 Å². The number of sulfonamides is 1. The predicted molar refractivity (Wildman–Crippen MR) is 83.5 cm³/mol. The van der Waals surface area contributed by atoms with E-state index in [0.29, 0.717) is 27.7 Å². The molecule has 2 aromatic rings. The van der Waals surface area contributed by atoms with E-state index < -0.39 is 10.0 Å². The van der Waals surface area contributed by atoms with E-state index in [1.54, 1.807) is 26.8 Å². The van der Waals surface area contributed by atoms with Crippen LogP contribution in [0, 0.1) is 20.8 Å². The minimum absolute atomic E-state index is 0.0278. The lowest BCUT2D eigenvalue weighted by atomic mass is 10.2. The van der Waals surface area contributed by atoms with Gasteiger partial charge < -0.3 is 0 Å². The molecule has 0 aliphatic heterocycles. The van der Waals surface area contributed by atoms with Gasteiger partial charge in [0.2, 0.25) is 0 Å². The average Bonchev–Trinajstić information content (AvgIpc) is 2.37. The average molecular weight is 346 g/mol. The van der Waals surface area contributed by atoms with Gasteiger partial charge in [-0.15, -0.1) is 0 Å². The molecular weight excluding hydrogens is 333 g/mol. The highest BCUT2D eigenvalue weighted by Crippen LogP contribution is 2.29. The van der Waals surface area contributed by atoms with E-state index in [9.17, 15) is 8.42 Å². The summed E-state index contributed by atoms with van der Waals surface area (Å²) in [6, 6.07) is 4.45. The Hall–Kier alpha value is -1.37. The molecule has 5 nitrogen and oxygen atoms in total. The van der Waals surface area contributed by atoms with Crippen LogP contribution in [0.15, 0.2) is 23.1 Å². The lowest BCUT2D eigenvalue weighted by Crippen LogP contribution is -2.15. The molecule has 1 N–H and O–H groups in total. The number of rotatable bonds is 3. The third-order valence-corrected chi connectivity index (χ3v) is 5.09. The highest BCUT2D eigenvalue weighted by Gasteiger charge is 2.20.